The molecule has 2 atom stereocenters. The van der Waals surface area contributed by atoms with E-state index in [0.29, 0.717) is 16.6 Å². The van der Waals surface area contributed by atoms with Gasteiger partial charge < -0.3 is 10.6 Å². The fourth-order valence-corrected chi connectivity index (χ4v) is 2.60. The minimum absolute atomic E-state index is 0. The number of benzene rings is 1. The van der Waals surface area contributed by atoms with Gasteiger partial charge in [-0.3, -0.25) is 4.79 Å². The zero-order chi connectivity index (χ0) is 13.1. The van der Waals surface area contributed by atoms with E-state index in [2.05, 4.69) is 33.5 Å². The van der Waals surface area contributed by atoms with Gasteiger partial charge in [-0.15, -0.1) is 12.4 Å². The molecule has 0 aliphatic carbocycles. The molecule has 1 aromatic carbocycles. The molecular weight excluding hydrogens is 351 g/mol. The summed E-state index contributed by atoms with van der Waals surface area (Å²) in [5.74, 6) is -0.0523. The van der Waals surface area contributed by atoms with Crippen LogP contribution in [0, 0.1) is 0 Å². The molecular formula is C13H17BrCl2N2O. The predicted octanol–water partition coefficient (Wildman–Crippen LogP) is 3.39. The lowest BCUT2D eigenvalue weighted by molar-refractivity contribution is 0.0925. The highest BCUT2D eigenvalue weighted by atomic mass is 79.9. The Hall–Kier alpha value is -0.290. The molecule has 2 rings (SSSR count). The lowest BCUT2D eigenvalue weighted by atomic mass is 10.0. The van der Waals surface area contributed by atoms with Crippen molar-refractivity contribution in [3.8, 4) is 0 Å². The van der Waals surface area contributed by atoms with Gasteiger partial charge in [0.2, 0.25) is 0 Å². The van der Waals surface area contributed by atoms with E-state index in [-0.39, 0.29) is 24.4 Å². The van der Waals surface area contributed by atoms with Crippen LogP contribution < -0.4 is 10.6 Å². The van der Waals surface area contributed by atoms with Crippen LogP contribution in [0.25, 0.3) is 0 Å². The van der Waals surface area contributed by atoms with Crippen molar-refractivity contribution in [2.75, 3.05) is 6.54 Å². The Morgan fingerprint density at radius 3 is 2.89 bits per heavy atom. The zero-order valence-corrected chi connectivity index (χ0v) is 13.7. The summed E-state index contributed by atoms with van der Waals surface area (Å²) in [5.41, 5.74) is 0.606. The smallest absolute Gasteiger partial charge is 0.251 e. The minimum atomic E-state index is -0.0523. The standard InChI is InChI=1S/C13H16BrClN2O.ClH/c1-8-6-10(4-5-16-8)17-13(18)9-2-3-11(14)12(15)7-9;/h2-3,7-8,10,16H,4-6H2,1H3,(H,17,18);1H. The molecule has 0 bridgehead atoms. The Labute approximate surface area is 133 Å². The Bertz CT molecular complexity index is 456. The molecule has 19 heavy (non-hydrogen) atoms. The highest BCUT2D eigenvalue weighted by Gasteiger charge is 2.20. The summed E-state index contributed by atoms with van der Waals surface area (Å²) in [6, 6.07) is 5.96. The first kappa shape index (κ1) is 16.8. The molecule has 106 valence electrons. The first-order valence-electron chi connectivity index (χ1n) is 6.05. The normalized spacial score (nSPS) is 22.5. The highest BCUT2D eigenvalue weighted by molar-refractivity contribution is 9.10. The fraction of sp³-hybridized carbons (Fsp3) is 0.462. The van der Waals surface area contributed by atoms with Crippen molar-refractivity contribution in [1.29, 1.82) is 0 Å². The van der Waals surface area contributed by atoms with Gasteiger partial charge in [-0.05, 0) is 60.4 Å². The first-order valence-corrected chi connectivity index (χ1v) is 7.22. The van der Waals surface area contributed by atoms with E-state index in [0.717, 1.165) is 23.9 Å². The van der Waals surface area contributed by atoms with Crippen molar-refractivity contribution in [2.24, 2.45) is 0 Å². The highest BCUT2D eigenvalue weighted by Crippen LogP contribution is 2.23. The number of amides is 1. The molecule has 0 saturated carbocycles. The third kappa shape index (κ3) is 4.63. The number of carbonyl (C=O) groups is 1. The number of halogens is 3. The van der Waals surface area contributed by atoms with Crippen molar-refractivity contribution in [2.45, 2.75) is 31.8 Å². The van der Waals surface area contributed by atoms with Gasteiger partial charge in [-0.25, -0.2) is 0 Å². The molecule has 6 heteroatoms. The SMILES string of the molecule is CC1CC(NC(=O)c2ccc(Br)c(Cl)c2)CCN1.Cl. The van der Waals surface area contributed by atoms with Gasteiger partial charge in [0.15, 0.2) is 0 Å². The van der Waals surface area contributed by atoms with Crippen LogP contribution in [-0.2, 0) is 0 Å². The molecule has 1 heterocycles. The van der Waals surface area contributed by atoms with Gasteiger partial charge in [0.05, 0.1) is 5.02 Å². The monoisotopic (exact) mass is 366 g/mol. The van der Waals surface area contributed by atoms with Crippen LogP contribution in [0.15, 0.2) is 22.7 Å². The van der Waals surface area contributed by atoms with E-state index < -0.39 is 0 Å². The molecule has 3 nitrogen and oxygen atoms in total. The second-order valence-electron chi connectivity index (χ2n) is 4.68. The zero-order valence-electron chi connectivity index (χ0n) is 10.6. The maximum absolute atomic E-state index is 12.1. The van der Waals surface area contributed by atoms with Crippen LogP contribution >= 0.6 is 39.9 Å². The Morgan fingerprint density at radius 2 is 2.26 bits per heavy atom. The third-order valence-electron chi connectivity index (χ3n) is 3.14. The van der Waals surface area contributed by atoms with Crippen LogP contribution in [0.5, 0.6) is 0 Å². The first-order chi connectivity index (χ1) is 8.56. The molecule has 1 aliphatic rings. The van der Waals surface area contributed by atoms with E-state index >= 15 is 0 Å². The summed E-state index contributed by atoms with van der Waals surface area (Å²) in [5, 5.41) is 6.98. The molecule has 0 spiro atoms. The molecule has 0 aromatic heterocycles. The largest absolute Gasteiger partial charge is 0.349 e. The van der Waals surface area contributed by atoms with Gasteiger partial charge in [-0.2, -0.15) is 0 Å². The van der Waals surface area contributed by atoms with Crippen LogP contribution in [0.2, 0.25) is 5.02 Å². The molecule has 2 unspecified atom stereocenters. The summed E-state index contributed by atoms with van der Waals surface area (Å²) in [6.07, 6.45) is 1.94. The van der Waals surface area contributed by atoms with Crippen LogP contribution in [0.4, 0.5) is 0 Å². The lowest BCUT2D eigenvalue weighted by Crippen LogP contribution is -2.46. The summed E-state index contributed by atoms with van der Waals surface area (Å²) in [6.45, 7) is 3.09. The molecule has 1 aromatic rings. The van der Waals surface area contributed by atoms with Gasteiger partial charge in [-0.1, -0.05) is 11.6 Å². The van der Waals surface area contributed by atoms with E-state index in [4.69, 9.17) is 11.6 Å². The average Bonchev–Trinajstić information content (AvgIpc) is 2.32. The molecule has 0 radical (unpaired) electrons. The molecule has 1 aliphatic heterocycles. The number of piperidine rings is 1. The Kier molecular flexibility index (Phi) is 6.60. The summed E-state index contributed by atoms with van der Waals surface area (Å²) >= 11 is 9.30. The minimum Gasteiger partial charge on any atom is -0.349 e. The second kappa shape index (κ2) is 7.48. The Morgan fingerprint density at radius 1 is 1.53 bits per heavy atom. The van der Waals surface area contributed by atoms with Crippen molar-refractivity contribution in [3.63, 3.8) is 0 Å². The molecule has 2 N–H and O–H groups in total. The number of hydrogen-bond acceptors (Lipinski definition) is 2. The topological polar surface area (TPSA) is 41.1 Å². The maximum Gasteiger partial charge on any atom is 0.251 e. The summed E-state index contributed by atoms with van der Waals surface area (Å²) in [7, 11) is 0. The van der Waals surface area contributed by atoms with Crippen molar-refractivity contribution < 1.29 is 4.79 Å². The van der Waals surface area contributed by atoms with E-state index in [1.165, 1.54) is 0 Å². The number of rotatable bonds is 2. The molecule has 1 fully saturated rings. The van der Waals surface area contributed by atoms with Crippen LogP contribution in [-0.4, -0.2) is 24.5 Å². The Balaban J connectivity index is 0.00000180. The third-order valence-corrected chi connectivity index (χ3v) is 4.37. The average molecular weight is 368 g/mol. The summed E-state index contributed by atoms with van der Waals surface area (Å²) < 4.78 is 0.802. The number of hydrogen-bond donors (Lipinski definition) is 2. The predicted molar refractivity (Wildman–Crippen MR) is 84.4 cm³/mol. The molecule has 1 amide bonds. The van der Waals surface area contributed by atoms with E-state index in [1.807, 2.05) is 0 Å². The molecule has 1 saturated heterocycles. The lowest BCUT2D eigenvalue weighted by Gasteiger charge is -2.28. The van der Waals surface area contributed by atoms with Gasteiger partial charge in [0.1, 0.15) is 0 Å². The van der Waals surface area contributed by atoms with E-state index in [1.54, 1.807) is 18.2 Å². The van der Waals surface area contributed by atoms with Crippen molar-refractivity contribution >= 4 is 45.8 Å². The van der Waals surface area contributed by atoms with Gasteiger partial charge in [0.25, 0.3) is 5.91 Å². The quantitative estimate of drug-likeness (QED) is 0.841. The van der Waals surface area contributed by atoms with Crippen molar-refractivity contribution in [1.82, 2.24) is 10.6 Å². The van der Waals surface area contributed by atoms with Crippen LogP contribution in [0.3, 0.4) is 0 Å². The maximum atomic E-state index is 12.1. The van der Waals surface area contributed by atoms with Gasteiger partial charge >= 0.3 is 0 Å². The van der Waals surface area contributed by atoms with Crippen molar-refractivity contribution in [3.05, 3.63) is 33.3 Å². The fourth-order valence-electron chi connectivity index (χ4n) is 2.17. The van der Waals surface area contributed by atoms with Crippen LogP contribution in [0.1, 0.15) is 30.1 Å². The van der Waals surface area contributed by atoms with Gasteiger partial charge in [0, 0.05) is 22.1 Å². The number of nitrogens with one attached hydrogen (secondary N) is 2. The number of carbonyl (C=O) groups excluding carboxylic acids is 1. The van der Waals surface area contributed by atoms with E-state index in [9.17, 15) is 4.79 Å². The summed E-state index contributed by atoms with van der Waals surface area (Å²) in [4.78, 5) is 12.1. The second-order valence-corrected chi connectivity index (χ2v) is 5.94.